The van der Waals surface area contributed by atoms with Gasteiger partial charge in [-0.1, -0.05) is 26.8 Å². The van der Waals surface area contributed by atoms with Crippen LogP contribution < -0.4 is 0 Å². The fourth-order valence-electron chi connectivity index (χ4n) is 1.88. The lowest BCUT2D eigenvalue weighted by atomic mass is 10.3. The largest absolute Gasteiger partial charge is 0.464 e. The molecule has 2 aromatic heterocycles. The zero-order chi connectivity index (χ0) is 13.7. The topological polar surface area (TPSA) is 43.6 Å². The van der Waals surface area contributed by atoms with Gasteiger partial charge in [0.15, 0.2) is 0 Å². The number of carbonyl (C=O) groups excluding carboxylic acids is 1. The van der Waals surface area contributed by atoms with E-state index in [-0.39, 0.29) is 5.97 Å². The average Bonchev–Trinajstić information content (AvgIpc) is 2.77. The summed E-state index contributed by atoms with van der Waals surface area (Å²) in [6, 6.07) is 5.44. The van der Waals surface area contributed by atoms with Crippen LogP contribution >= 0.6 is 0 Å². The molecule has 0 bridgehead atoms. The Kier molecular flexibility index (Phi) is 4.89. The van der Waals surface area contributed by atoms with Gasteiger partial charge in [0.25, 0.3) is 0 Å². The van der Waals surface area contributed by atoms with Gasteiger partial charge in [0.2, 0.25) is 0 Å². The molecule has 0 unspecified atom stereocenters. The van der Waals surface area contributed by atoms with Crippen molar-refractivity contribution in [3.05, 3.63) is 35.3 Å². The number of ether oxygens (including phenoxy) is 1. The minimum absolute atomic E-state index is 0.339. The molecule has 2 heterocycles. The zero-order valence-electron chi connectivity index (χ0n) is 11.7. The average molecular weight is 248 g/mol. The van der Waals surface area contributed by atoms with Gasteiger partial charge in [0.05, 0.1) is 12.8 Å². The SMILES string of the molecule is CC.CCc1nc2cccc(C(=O)OC)n2c1C. The Morgan fingerprint density at radius 2 is 2.06 bits per heavy atom. The maximum Gasteiger partial charge on any atom is 0.355 e. The minimum Gasteiger partial charge on any atom is -0.464 e. The smallest absolute Gasteiger partial charge is 0.355 e. The Bertz CT molecular complexity index is 544. The summed E-state index contributed by atoms with van der Waals surface area (Å²) < 4.78 is 6.59. The molecular weight excluding hydrogens is 228 g/mol. The van der Waals surface area contributed by atoms with E-state index in [9.17, 15) is 4.79 Å². The molecule has 98 valence electrons. The first kappa shape index (κ1) is 14.2. The molecule has 0 saturated carbocycles. The fourth-order valence-corrected chi connectivity index (χ4v) is 1.88. The molecule has 0 aliphatic heterocycles. The molecule has 0 aliphatic carbocycles. The van der Waals surface area contributed by atoms with Crippen molar-refractivity contribution in [2.24, 2.45) is 0 Å². The van der Waals surface area contributed by atoms with Crippen LogP contribution in [0.2, 0.25) is 0 Å². The molecule has 0 saturated heterocycles. The first-order valence-corrected chi connectivity index (χ1v) is 6.24. The molecule has 18 heavy (non-hydrogen) atoms. The number of pyridine rings is 1. The van der Waals surface area contributed by atoms with Crippen LogP contribution in [-0.2, 0) is 11.2 Å². The van der Waals surface area contributed by atoms with E-state index in [1.807, 2.05) is 44.2 Å². The predicted molar refractivity (Wildman–Crippen MR) is 72.0 cm³/mol. The summed E-state index contributed by atoms with van der Waals surface area (Å²) >= 11 is 0. The Balaban J connectivity index is 0.000000771. The monoisotopic (exact) mass is 248 g/mol. The van der Waals surface area contributed by atoms with Crippen LogP contribution in [-0.4, -0.2) is 22.5 Å². The number of aromatic nitrogens is 2. The highest BCUT2D eigenvalue weighted by atomic mass is 16.5. The third-order valence-corrected chi connectivity index (χ3v) is 2.70. The summed E-state index contributed by atoms with van der Waals surface area (Å²) in [4.78, 5) is 16.1. The van der Waals surface area contributed by atoms with Crippen LogP contribution in [0.5, 0.6) is 0 Å². The Morgan fingerprint density at radius 3 is 2.61 bits per heavy atom. The molecule has 0 aliphatic rings. The van der Waals surface area contributed by atoms with Gasteiger partial charge in [-0.05, 0) is 25.5 Å². The summed E-state index contributed by atoms with van der Waals surface area (Å²) in [5, 5.41) is 0. The summed E-state index contributed by atoms with van der Waals surface area (Å²) in [5.41, 5.74) is 3.32. The van der Waals surface area contributed by atoms with E-state index < -0.39 is 0 Å². The maximum atomic E-state index is 11.6. The lowest BCUT2D eigenvalue weighted by Gasteiger charge is -2.04. The highest BCUT2D eigenvalue weighted by molar-refractivity contribution is 5.88. The van der Waals surface area contributed by atoms with Crippen LogP contribution in [0.3, 0.4) is 0 Å². The zero-order valence-corrected chi connectivity index (χ0v) is 11.7. The summed E-state index contributed by atoms with van der Waals surface area (Å²) in [6.45, 7) is 8.01. The third kappa shape index (κ3) is 2.37. The minimum atomic E-state index is -0.339. The number of nitrogens with zero attached hydrogens (tertiary/aromatic N) is 2. The van der Waals surface area contributed by atoms with Crippen LogP contribution in [0.1, 0.15) is 42.6 Å². The summed E-state index contributed by atoms with van der Waals surface area (Å²) in [6.07, 6.45) is 0.855. The highest BCUT2D eigenvalue weighted by Gasteiger charge is 2.14. The lowest BCUT2D eigenvalue weighted by Crippen LogP contribution is -2.08. The molecule has 0 spiro atoms. The molecule has 2 rings (SSSR count). The molecule has 0 aromatic carbocycles. The van der Waals surface area contributed by atoms with Gasteiger partial charge in [-0.15, -0.1) is 0 Å². The molecular formula is C14H20N2O2. The van der Waals surface area contributed by atoms with Gasteiger partial charge in [0, 0.05) is 5.69 Å². The standard InChI is InChI=1S/C12H14N2O2.C2H6/c1-4-9-8(2)14-10(12(15)16-3)6-5-7-11(14)13-9;1-2/h5-7H,4H2,1-3H3;1-2H3. The van der Waals surface area contributed by atoms with Crippen molar-refractivity contribution in [2.45, 2.75) is 34.1 Å². The van der Waals surface area contributed by atoms with Crippen molar-refractivity contribution in [2.75, 3.05) is 7.11 Å². The number of esters is 1. The molecule has 2 aromatic rings. The van der Waals surface area contributed by atoms with E-state index in [1.165, 1.54) is 7.11 Å². The first-order chi connectivity index (χ1) is 8.69. The molecule has 0 fully saturated rings. The third-order valence-electron chi connectivity index (χ3n) is 2.70. The Labute approximate surface area is 108 Å². The van der Waals surface area contributed by atoms with Crippen LogP contribution in [0, 0.1) is 6.92 Å². The van der Waals surface area contributed by atoms with E-state index in [4.69, 9.17) is 4.74 Å². The lowest BCUT2D eigenvalue weighted by molar-refractivity contribution is 0.0592. The second kappa shape index (κ2) is 6.19. The maximum absolute atomic E-state index is 11.6. The normalized spacial score (nSPS) is 9.83. The number of imidazole rings is 1. The second-order valence-corrected chi connectivity index (χ2v) is 3.59. The van der Waals surface area contributed by atoms with E-state index in [1.54, 1.807) is 6.07 Å². The summed E-state index contributed by atoms with van der Waals surface area (Å²) in [5.74, 6) is -0.339. The van der Waals surface area contributed by atoms with Gasteiger partial charge < -0.3 is 4.74 Å². The van der Waals surface area contributed by atoms with Crippen LogP contribution in [0.25, 0.3) is 5.65 Å². The molecule has 0 radical (unpaired) electrons. The number of hydrogen-bond donors (Lipinski definition) is 0. The van der Waals surface area contributed by atoms with Gasteiger partial charge in [0.1, 0.15) is 11.3 Å². The number of methoxy groups -OCH3 is 1. The highest BCUT2D eigenvalue weighted by Crippen LogP contribution is 2.15. The quantitative estimate of drug-likeness (QED) is 0.767. The number of aryl methyl sites for hydroxylation is 2. The molecule has 4 heteroatoms. The van der Waals surface area contributed by atoms with Crippen molar-refractivity contribution < 1.29 is 9.53 Å². The second-order valence-electron chi connectivity index (χ2n) is 3.59. The van der Waals surface area contributed by atoms with Gasteiger partial charge >= 0.3 is 5.97 Å². The van der Waals surface area contributed by atoms with E-state index in [2.05, 4.69) is 4.98 Å². The molecule has 0 N–H and O–H groups in total. The van der Waals surface area contributed by atoms with Gasteiger partial charge in [-0.3, -0.25) is 4.40 Å². The van der Waals surface area contributed by atoms with Crippen molar-refractivity contribution in [3.8, 4) is 0 Å². The van der Waals surface area contributed by atoms with Crippen molar-refractivity contribution >= 4 is 11.6 Å². The number of rotatable bonds is 2. The number of hydrogen-bond acceptors (Lipinski definition) is 3. The number of fused-ring (bicyclic) bond motifs is 1. The molecule has 4 nitrogen and oxygen atoms in total. The van der Waals surface area contributed by atoms with Crippen molar-refractivity contribution in [1.29, 1.82) is 0 Å². The van der Waals surface area contributed by atoms with E-state index in [0.717, 1.165) is 23.5 Å². The van der Waals surface area contributed by atoms with Gasteiger partial charge in [-0.25, -0.2) is 9.78 Å². The number of carbonyl (C=O) groups is 1. The molecule has 0 amide bonds. The van der Waals surface area contributed by atoms with E-state index >= 15 is 0 Å². The summed E-state index contributed by atoms with van der Waals surface area (Å²) in [7, 11) is 1.38. The van der Waals surface area contributed by atoms with Crippen LogP contribution in [0.4, 0.5) is 0 Å². The van der Waals surface area contributed by atoms with Crippen LogP contribution in [0.15, 0.2) is 18.2 Å². The Morgan fingerprint density at radius 1 is 1.39 bits per heavy atom. The van der Waals surface area contributed by atoms with Crippen molar-refractivity contribution in [3.63, 3.8) is 0 Å². The predicted octanol–water partition coefficient (Wildman–Crippen LogP) is 3.02. The van der Waals surface area contributed by atoms with Gasteiger partial charge in [-0.2, -0.15) is 0 Å². The Hall–Kier alpha value is -1.84. The first-order valence-electron chi connectivity index (χ1n) is 6.24. The van der Waals surface area contributed by atoms with Crippen molar-refractivity contribution in [1.82, 2.24) is 9.38 Å². The fraction of sp³-hybridized carbons (Fsp3) is 0.429. The molecule has 0 atom stereocenters. The van der Waals surface area contributed by atoms with E-state index in [0.29, 0.717) is 5.69 Å².